The van der Waals surface area contributed by atoms with Crippen molar-refractivity contribution in [3.05, 3.63) is 12.2 Å². The van der Waals surface area contributed by atoms with Gasteiger partial charge in [0.1, 0.15) is 0 Å². The van der Waals surface area contributed by atoms with Crippen LogP contribution in [0.2, 0.25) is 0 Å². The first kappa shape index (κ1) is 12.7. The maximum atomic E-state index is 5.69. The third kappa shape index (κ3) is 3.92. The lowest BCUT2D eigenvalue weighted by atomic mass is 9.95. The highest BCUT2D eigenvalue weighted by Crippen LogP contribution is 2.15. The highest BCUT2D eigenvalue weighted by atomic mass is 16.5. The lowest BCUT2D eigenvalue weighted by Gasteiger charge is -2.30. The van der Waals surface area contributed by atoms with Crippen LogP contribution in [0.1, 0.15) is 27.7 Å². The van der Waals surface area contributed by atoms with Crippen molar-refractivity contribution in [2.75, 3.05) is 13.7 Å². The molecule has 0 aliphatic carbocycles. The molecule has 0 saturated heterocycles. The maximum absolute atomic E-state index is 5.69. The van der Waals surface area contributed by atoms with Crippen LogP contribution >= 0.6 is 0 Å². The average Bonchev–Trinajstić information content (AvgIpc) is 2.03. The van der Waals surface area contributed by atoms with E-state index in [4.69, 9.17) is 4.74 Å². The summed E-state index contributed by atoms with van der Waals surface area (Å²) in [6.07, 6.45) is 0.229. The molecule has 2 heteroatoms. The van der Waals surface area contributed by atoms with Crippen LogP contribution in [0, 0.1) is 5.92 Å². The van der Waals surface area contributed by atoms with Crippen molar-refractivity contribution in [1.29, 1.82) is 0 Å². The minimum atomic E-state index is 0.229. The Morgan fingerprint density at radius 2 is 2.00 bits per heavy atom. The van der Waals surface area contributed by atoms with Crippen molar-refractivity contribution in [3.8, 4) is 0 Å². The van der Waals surface area contributed by atoms with Gasteiger partial charge >= 0.3 is 0 Å². The van der Waals surface area contributed by atoms with Crippen LogP contribution in [-0.4, -0.2) is 25.8 Å². The standard InChI is InChI=1S/C11H23NO/c1-7-13-11(9(4)5)10(12-6)8(2)3/h9-12H,2,7H2,1,3-6H3. The molecule has 2 unspecified atom stereocenters. The van der Waals surface area contributed by atoms with Crippen LogP contribution in [0.5, 0.6) is 0 Å². The molecule has 78 valence electrons. The Morgan fingerprint density at radius 3 is 2.23 bits per heavy atom. The summed E-state index contributed by atoms with van der Waals surface area (Å²) >= 11 is 0. The molecule has 0 aromatic heterocycles. The fourth-order valence-corrected chi connectivity index (χ4v) is 1.56. The molecular weight excluding hydrogens is 162 g/mol. The van der Waals surface area contributed by atoms with E-state index in [0.29, 0.717) is 5.92 Å². The zero-order valence-electron chi connectivity index (χ0n) is 9.55. The summed E-state index contributed by atoms with van der Waals surface area (Å²) in [5.74, 6) is 0.508. The summed E-state index contributed by atoms with van der Waals surface area (Å²) in [5.41, 5.74) is 1.13. The largest absolute Gasteiger partial charge is 0.376 e. The van der Waals surface area contributed by atoms with Gasteiger partial charge in [-0.1, -0.05) is 26.0 Å². The van der Waals surface area contributed by atoms with Gasteiger partial charge in [-0.3, -0.25) is 0 Å². The SMILES string of the molecule is C=C(C)C(NC)C(OCC)C(C)C. The van der Waals surface area contributed by atoms with Crippen LogP contribution in [0.3, 0.4) is 0 Å². The van der Waals surface area contributed by atoms with Gasteiger partial charge in [-0.05, 0) is 26.8 Å². The fourth-order valence-electron chi connectivity index (χ4n) is 1.56. The quantitative estimate of drug-likeness (QED) is 0.641. The van der Waals surface area contributed by atoms with E-state index in [9.17, 15) is 0 Å². The van der Waals surface area contributed by atoms with Gasteiger partial charge in [0.05, 0.1) is 12.1 Å². The van der Waals surface area contributed by atoms with Crippen molar-refractivity contribution in [1.82, 2.24) is 5.32 Å². The first-order valence-electron chi connectivity index (χ1n) is 4.98. The Bertz CT molecular complexity index is 154. The normalized spacial score (nSPS) is 15.8. The molecule has 0 fully saturated rings. The number of nitrogens with one attached hydrogen (secondary N) is 1. The van der Waals surface area contributed by atoms with Gasteiger partial charge in [0.15, 0.2) is 0 Å². The van der Waals surface area contributed by atoms with E-state index < -0.39 is 0 Å². The summed E-state index contributed by atoms with van der Waals surface area (Å²) < 4.78 is 5.69. The van der Waals surface area contributed by atoms with E-state index in [2.05, 4.69) is 25.7 Å². The predicted octanol–water partition coefficient (Wildman–Crippen LogP) is 2.21. The average molecular weight is 185 g/mol. The van der Waals surface area contributed by atoms with Crippen LogP contribution in [0.15, 0.2) is 12.2 Å². The fraction of sp³-hybridized carbons (Fsp3) is 0.818. The molecule has 0 bridgehead atoms. The van der Waals surface area contributed by atoms with E-state index in [0.717, 1.165) is 12.2 Å². The number of rotatable bonds is 6. The zero-order chi connectivity index (χ0) is 10.4. The van der Waals surface area contributed by atoms with E-state index in [1.54, 1.807) is 0 Å². The van der Waals surface area contributed by atoms with Crippen molar-refractivity contribution in [2.45, 2.75) is 39.8 Å². The number of hydrogen-bond donors (Lipinski definition) is 1. The van der Waals surface area contributed by atoms with Crippen molar-refractivity contribution >= 4 is 0 Å². The minimum Gasteiger partial charge on any atom is -0.376 e. The molecule has 0 rings (SSSR count). The van der Waals surface area contributed by atoms with Crippen molar-refractivity contribution in [2.24, 2.45) is 5.92 Å². The highest BCUT2D eigenvalue weighted by molar-refractivity contribution is 5.05. The Morgan fingerprint density at radius 1 is 1.46 bits per heavy atom. The van der Waals surface area contributed by atoms with Crippen molar-refractivity contribution < 1.29 is 4.74 Å². The second-order valence-electron chi connectivity index (χ2n) is 3.78. The molecule has 0 heterocycles. The molecule has 1 N–H and O–H groups in total. The molecule has 2 nitrogen and oxygen atoms in total. The lowest BCUT2D eigenvalue weighted by Crippen LogP contribution is -2.43. The van der Waals surface area contributed by atoms with E-state index in [1.807, 2.05) is 20.9 Å². The number of ether oxygens (including phenoxy) is 1. The van der Waals surface area contributed by atoms with E-state index in [-0.39, 0.29) is 12.1 Å². The molecular formula is C11H23NO. The predicted molar refractivity (Wildman–Crippen MR) is 57.9 cm³/mol. The zero-order valence-corrected chi connectivity index (χ0v) is 9.55. The Balaban J connectivity index is 4.38. The van der Waals surface area contributed by atoms with E-state index in [1.165, 1.54) is 0 Å². The first-order chi connectivity index (χ1) is 6.04. The van der Waals surface area contributed by atoms with Gasteiger partial charge in [-0.2, -0.15) is 0 Å². The maximum Gasteiger partial charge on any atom is 0.0788 e. The molecule has 0 saturated carbocycles. The molecule has 0 amide bonds. The Labute approximate surface area is 82.4 Å². The monoisotopic (exact) mass is 185 g/mol. The Kier molecular flexibility index (Phi) is 6.00. The topological polar surface area (TPSA) is 21.3 Å². The lowest BCUT2D eigenvalue weighted by molar-refractivity contribution is 0.0137. The van der Waals surface area contributed by atoms with Crippen molar-refractivity contribution in [3.63, 3.8) is 0 Å². The van der Waals surface area contributed by atoms with Crippen LogP contribution in [0.25, 0.3) is 0 Å². The third-order valence-electron chi connectivity index (χ3n) is 2.19. The molecule has 0 spiro atoms. The molecule has 0 aromatic rings. The second-order valence-corrected chi connectivity index (χ2v) is 3.78. The third-order valence-corrected chi connectivity index (χ3v) is 2.19. The Hall–Kier alpha value is -0.340. The van der Waals surface area contributed by atoms with Gasteiger partial charge in [0.2, 0.25) is 0 Å². The van der Waals surface area contributed by atoms with Crippen LogP contribution in [-0.2, 0) is 4.74 Å². The summed E-state index contributed by atoms with van der Waals surface area (Å²) in [5, 5.41) is 3.24. The van der Waals surface area contributed by atoms with Gasteiger partial charge in [-0.25, -0.2) is 0 Å². The summed E-state index contributed by atoms with van der Waals surface area (Å²) in [7, 11) is 1.95. The molecule has 2 atom stereocenters. The molecule has 0 aliphatic rings. The molecule has 13 heavy (non-hydrogen) atoms. The number of likely N-dealkylation sites (N-methyl/N-ethyl adjacent to an activating group) is 1. The summed E-state index contributed by atoms with van der Waals surface area (Å²) in [4.78, 5) is 0. The van der Waals surface area contributed by atoms with Crippen LogP contribution in [0.4, 0.5) is 0 Å². The van der Waals surface area contributed by atoms with E-state index >= 15 is 0 Å². The van der Waals surface area contributed by atoms with Gasteiger partial charge in [0, 0.05) is 6.61 Å². The van der Waals surface area contributed by atoms with Gasteiger partial charge in [0.25, 0.3) is 0 Å². The van der Waals surface area contributed by atoms with Crippen LogP contribution < -0.4 is 5.32 Å². The summed E-state index contributed by atoms with van der Waals surface area (Å²) in [6, 6.07) is 0.264. The first-order valence-corrected chi connectivity index (χ1v) is 4.98. The molecule has 0 radical (unpaired) electrons. The molecule has 0 aromatic carbocycles. The highest BCUT2D eigenvalue weighted by Gasteiger charge is 2.23. The second kappa shape index (κ2) is 6.17. The minimum absolute atomic E-state index is 0.229. The number of hydrogen-bond acceptors (Lipinski definition) is 2. The molecule has 0 aliphatic heterocycles. The smallest absolute Gasteiger partial charge is 0.0788 e. The van der Waals surface area contributed by atoms with Gasteiger partial charge in [-0.15, -0.1) is 0 Å². The van der Waals surface area contributed by atoms with Gasteiger partial charge < -0.3 is 10.1 Å². The summed E-state index contributed by atoms with van der Waals surface area (Å²) in [6.45, 7) is 13.1.